The Balaban J connectivity index is 0.000000267. The van der Waals surface area contributed by atoms with Crippen molar-refractivity contribution in [3.05, 3.63) is 0 Å². The van der Waals surface area contributed by atoms with Gasteiger partial charge in [0.1, 0.15) is 0 Å². The van der Waals surface area contributed by atoms with E-state index in [-0.39, 0.29) is 7.43 Å². The summed E-state index contributed by atoms with van der Waals surface area (Å²) in [6.45, 7) is 9.48. The van der Waals surface area contributed by atoms with Gasteiger partial charge in [-0.15, -0.1) is 0 Å². The van der Waals surface area contributed by atoms with Gasteiger partial charge in [-0.25, -0.2) is 0 Å². The van der Waals surface area contributed by atoms with Gasteiger partial charge < -0.3 is 0 Å². The van der Waals surface area contributed by atoms with E-state index in [4.69, 9.17) is 0 Å². The van der Waals surface area contributed by atoms with Crippen LogP contribution in [0, 0.1) is 10.8 Å². The lowest BCUT2D eigenvalue weighted by Crippen LogP contribution is -2.14. The summed E-state index contributed by atoms with van der Waals surface area (Å²) in [7, 11) is 0. The highest BCUT2D eigenvalue weighted by Gasteiger charge is 2.22. The summed E-state index contributed by atoms with van der Waals surface area (Å²) in [4.78, 5) is 0. The first-order valence-corrected chi connectivity index (χ1v) is 6.91. The van der Waals surface area contributed by atoms with Crippen molar-refractivity contribution in [2.45, 2.75) is 92.9 Å². The molecular formula is C16H34. The first-order valence-electron chi connectivity index (χ1n) is 6.91. The Morgan fingerprint density at radius 3 is 0.875 bits per heavy atom. The Kier molecular flexibility index (Phi) is 6.67. The Hall–Kier alpha value is 0. The van der Waals surface area contributed by atoms with Crippen LogP contribution in [0.4, 0.5) is 0 Å². The molecule has 0 amide bonds. The van der Waals surface area contributed by atoms with Gasteiger partial charge in [0.15, 0.2) is 0 Å². The Labute approximate surface area is 104 Å². The maximum Gasteiger partial charge on any atom is -0.0354 e. The molecule has 0 saturated heterocycles. The number of hydrogen-bond acceptors (Lipinski definition) is 0. The lowest BCUT2D eigenvalue weighted by Gasteiger charge is -2.28. The van der Waals surface area contributed by atoms with Crippen LogP contribution in [0.15, 0.2) is 0 Å². The van der Waals surface area contributed by atoms with Crippen LogP contribution in [0.1, 0.15) is 92.9 Å². The molecule has 0 spiro atoms. The molecule has 2 rings (SSSR count). The van der Waals surface area contributed by atoms with Gasteiger partial charge in [-0.2, -0.15) is 0 Å². The van der Waals surface area contributed by atoms with E-state index in [2.05, 4.69) is 27.7 Å². The first-order chi connectivity index (χ1) is 6.91. The molecule has 0 aromatic carbocycles. The fourth-order valence-electron chi connectivity index (χ4n) is 2.84. The molecule has 0 heteroatoms. The lowest BCUT2D eigenvalue weighted by atomic mass is 9.78. The van der Waals surface area contributed by atoms with Gasteiger partial charge >= 0.3 is 0 Å². The summed E-state index contributed by atoms with van der Waals surface area (Å²) in [6, 6.07) is 0. The van der Waals surface area contributed by atoms with Crippen LogP contribution in [-0.4, -0.2) is 0 Å². The predicted octanol–water partition coefficient (Wildman–Crippen LogP) is 6.20. The Morgan fingerprint density at radius 1 is 0.500 bits per heavy atom. The number of hydrogen-bond donors (Lipinski definition) is 0. The van der Waals surface area contributed by atoms with E-state index in [0.29, 0.717) is 10.8 Å². The molecule has 0 aromatic rings. The molecule has 2 aliphatic carbocycles. The molecule has 98 valence electrons. The second-order valence-electron chi connectivity index (χ2n) is 7.10. The number of rotatable bonds is 0. The molecule has 16 heavy (non-hydrogen) atoms. The standard InChI is InChI=1S/C8H16.C7H14.CH4/c1-8(2)6-4-3-5-7-8;1-7(2)5-3-4-6-7;/h3-7H2,1-2H3;3-6H2,1-2H3;1H4. The molecule has 2 fully saturated rings. The quantitative estimate of drug-likeness (QED) is 0.461. The first kappa shape index (κ1) is 16.0. The minimum Gasteiger partial charge on any atom is -0.0776 e. The van der Waals surface area contributed by atoms with Crippen molar-refractivity contribution >= 4 is 0 Å². The Morgan fingerprint density at radius 2 is 0.750 bits per heavy atom. The highest BCUT2D eigenvalue weighted by atomic mass is 14.3. The zero-order valence-corrected chi connectivity index (χ0v) is 11.4. The second kappa shape index (κ2) is 6.67. The van der Waals surface area contributed by atoms with Crippen molar-refractivity contribution in [2.75, 3.05) is 0 Å². The van der Waals surface area contributed by atoms with E-state index in [1.165, 1.54) is 57.8 Å². The van der Waals surface area contributed by atoms with Crippen molar-refractivity contribution in [3.8, 4) is 0 Å². The third kappa shape index (κ3) is 6.55. The van der Waals surface area contributed by atoms with Crippen LogP contribution in [0.2, 0.25) is 0 Å². The third-order valence-electron chi connectivity index (χ3n) is 4.16. The monoisotopic (exact) mass is 226 g/mol. The van der Waals surface area contributed by atoms with E-state index in [1.54, 1.807) is 0 Å². The molecule has 0 heterocycles. The average Bonchev–Trinajstić information content (AvgIpc) is 2.51. The van der Waals surface area contributed by atoms with E-state index in [9.17, 15) is 0 Å². The van der Waals surface area contributed by atoms with Crippen molar-refractivity contribution in [1.82, 2.24) is 0 Å². The maximum absolute atomic E-state index is 2.38. The van der Waals surface area contributed by atoms with Gasteiger partial charge in [0, 0.05) is 0 Å². The fourth-order valence-corrected chi connectivity index (χ4v) is 2.84. The van der Waals surface area contributed by atoms with Crippen LogP contribution in [0.5, 0.6) is 0 Å². The zero-order chi connectivity index (χ0) is 11.4. The predicted molar refractivity (Wildman–Crippen MR) is 75.8 cm³/mol. The third-order valence-corrected chi connectivity index (χ3v) is 4.16. The summed E-state index contributed by atoms with van der Waals surface area (Å²) >= 11 is 0. The molecule has 0 aliphatic heterocycles. The zero-order valence-electron chi connectivity index (χ0n) is 11.4. The molecule has 0 nitrogen and oxygen atoms in total. The summed E-state index contributed by atoms with van der Waals surface area (Å²) < 4.78 is 0. The minimum absolute atomic E-state index is 0. The molecular weight excluding hydrogens is 192 g/mol. The molecule has 0 aromatic heterocycles. The van der Waals surface area contributed by atoms with E-state index in [1.807, 2.05) is 0 Å². The van der Waals surface area contributed by atoms with Gasteiger partial charge in [-0.05, 0) is 36.5 Å². The van der Waals surface area contributed by atoms with Crippen LogP contribution < -0.4 is 0 Å². The summed E-state index contributed by atoms with van der Waals surface area (Å²) in [5, 5.41) is 0. The van der Waals surface area contributed by atoms with Gasteiger partial charge in [0.05, 0.1) is 0 Å². The van der Waals surface area contributed by atoms with Crippen LogP contribution in [0.3, 0.4) is 0 Å². The summed E-state index contributed by atoms with van der Waals surface area (Å²) in [5.41, 5.74) is 1.37. The fraction of sp³-hybridized carbons (Fsp3) is 1.00. The highest BCUT2D eigenvalue weighted by molar-refractivity contribution is 4.74. The van der Waals surface area contributed by atoms with Crippen molar-refractivity contribution in [3.63, 3.8) is 0 Å². The van der Waals surface area contributed by atoms with E-state index in [0.717, 1.165) is 0 Å². The van der Waals surface area contributed by atoms with Crippen molar-refractivity contribution < 1.29 is 0 Å². The second-order valence-corrected chi connectivity index (χ2v) is 7.10. The largest absolute Gasteiger partial charge is 0.0776 e. The topological polar surface area (TPSA) is 0 Å². The van der Waals surface area contributed by atoms with Gasteiger partial charge in [0.2, 0.25) is 0 Å². The average molecular weight is 226 g/mol. The van der Waals surface area contributed by atoms with Crippen LogP contribution in [-0.2, 0) is 0 Å². The lowest BCUT2D eigenvalue weighted by molar-refractivity contribution is 0.244. The van der Waals surface area contributed by atoms with Gasteiger partial charge in [-0.3, -0.25) is 0 Å². The molecule has 0 radical (unpaired) electrons. The molecule has 0 atom stereocenters. The van der Waals surface area contributed by atoms with Crippen LogP contribution in [0.25, 0.3) is 0 Å². The summed E-state index contributed by atoms with van der Waals surface area (Å²) in [6.07, 6.45) is 13.1. The van der Waals surface area contributed by atoms with Gasteiger partial charge in [0.25, 0.3) is 0 Å². The van der Waals surface area contributed by atoms with Gasteiger partial charge in [-0.1, -0.05) is 67.2 Å². The Bertz CT molecular complexity index is 160. The minimum atomic E-state index is 0. The highest BCUT2D eigenvalue weighted by Crippen LogP contribution is 2.36. The smallest absolute Gasteiger partial charge is 0.0354 e. The molecule has 2 aliphatic rings. The molecule has 0 bridgehead atoms. The molecule has 0 unspecified atom stereocenters. The normalized spacial score (nSPS) is 26.2. The molecule has 2 saturated carbocycles. The molecule has 0 N–H and O–H groups in total. The maximum atomic E-state index is 2.38. The van der Waals surface area contributed by atoms with Crippen LogP contribution >= 0.6 is 0 Å². The van der Waals surface area contributed by atoms with E-state index >= 15 is 0 Å². The van der Waals surface area contributed by atoms with E-state index < -0.39 is 0 Å². The SMILES string of the molecule is C.CC1(C)CCCC1.CC1(C)CCCCC1. The van der Waals surface area contributed by atoms with Crippen molar-refractivity contribution in [1.29, 1.82) is 0 Å². The summed E-state index contributed by atoms with van der Waals surface area (Å²) in [5.74, 6) is 0. The van der Waals surface area contributed by atoms with Crippen molar-refractivity contribution in [2.24, 2.45) is 10.8 Å².